The smallest absolute Gasteiger partial charge is 0.547 e. The van der Waals surface area contributed by atoms with Gasteiger partial charge in [0.1, 0.15) is 18.3 Å². The van der Waals surface area contributed by atoms with E-state index < -0.39 is 36.4 Å². The van der Waals surface area contributed by atoms with Gasteiger partial charge in [-0.3, -0.25) is 0 Å². The molecule has 0 saturated heterocycles. The van der Waals surface area contributed by atoms with Crippen molar-refractivity contribution >= 4 is 11.9 Å². The van der Waals surface area contributed by atoms with Crippen LogP contribution < -0.4 is 56.5 Å². The molecule has 0 aliphatic rings. The van der Waals surface area contributed by atoms with Crippen molar-refractivity contribution in [2.45, 2.75) is 24.4 Å². The van der Waals surface area contributed by atoms with Gasteiger partial charge in [0.05, 0.1) is 5.97 Å². The third-order valence-electron chi connectivity index (χ3n) is 1.49. The molecule has 0 fully saturated rings. The van der Waals surface area contributed by atoms with Crippen LogP contribution in [0.25, 0.3) is 0 Å². The number of rotatable bonds is 5. The third kappa shape index (κ3) is 5.33. The molecular formula is C6H9KO8. The quantitative estimate of drug-likeness (QED) is 0.300. The first kappa shape index (κ1) is 17.8. The van der Waals surface area contributed by atoms with Crippen molar-refractivity contribution < 1.29 is 91.6 Å². The summed E-state index contributed by atoms with van der Waals surface area (Å²) in [5.74, 6) is -3.95. The molecule has 0 heterocycles. The molecule has 8 nitrogen and oxygen atoms in total. The van der Waals surface area contributed by atoms with Gasteiger partial charge in [-0.05, 0) is 0 Å². The molecular weight excluding hydrogens is 239 g/mol. The number of carbonyl (C=O) groups is 2. The summed E-state index contributed by atoms with van der Waals surface area (Å²) in [6.45, 7) is 0. The largest absolute Gasteiger partial charge is 1.00 e. The van der Waals surface area contributed by atoms with Gasteiger partial charge in [-0.15, -0.1) is 0 Å². The summed E-state index contributed by atoms with van der Waals surface area (Å²) in [6.07, 6.45) is -9.52. The molecule has 82 valence electrons. The number of aliphatic hydroxyl groups excluding tert-OH is 4. The van der Waals surface area contributed by atoms with Crippen molar-refractivity contribution in [1.29, 1.82) is 0 Å². The Hall–Kier alpha value is 0.416. The van der Waals surface area contributed by atoms with E-state index in [9.17, 15) is 14.7 Å². The van der Waals surface area contributed by atoms with Crippen LogP contribution in [0, 0.1) is 0 Å². The zero-order valence-corrected chi connectivity index (χ0v) is 10.9. The molecule has 5 N–H and O–H groups in total. The van der Waals surface area contributed by atoms with E-state index in [1.807, 2.05) is 0 Å². The van der Waals surface area contributed by atoms with Crippen LogP contribution in [0.2, 0.25) is 0 Å². The number of hydrogen-bond donors (Lipinski definition) is 5. The monoisotopic (exact) mass is 248 g/mol. The molecule has 0 spiro atoms. The fourth-order valence-electron chi connectivity index (χ4n) is 0.659. The second-order valence-corrected chi connectivity index (χ2v) is 2.53. The molecule has 0 rings (SSSR count). The maximum atomic E-state index is 10.1. The number of aliphatic carboxylic acids is 2. The maximum absolute atomic E-state index is 10.1. The van der Waals surface area contributed by atoms with Gasteiger partial charge in [-0.1, -0.05) is 0 Å². The summed E-state index contributed by atoms with van der Waals surface area (Å²) in [5, 5.41) is 53.1. The van der Waals surface area contributed by atoms with Crippen LogP contribution in [0.1, 0.15) is 0 Å². The zero-order chi connectivity index (χ0) is 11.5. The summed E-state index contributed by atoms with van der Waals surface area (Å²) < 4.78 is 0. The molecule has 0 bridgehead atoms. The number of carboxylic acids is 2. The molecule has 0 radical (unpaired) electrons. The second kappa shape index (κ2) is 7.65. The van der Waals surface area contributed by atoms with E-state index in [0.717, 1.165) is 0 Å². The van der Waals surface area contributed by atoms with Gasteiger partial charge in [0.2, 0.25) is 0 Å². The van der Waals surface area contributed by atoms with E-state index in [1.165, 1.54) is 0 Å². The minimum Gasteiger partial charge on any atom is -0.547 e. The molecule has 0 saturated carbocycles. The maximum Gasteiger partial charge on any atom is 1.00 e. The first-order valence-electron chi connectivity index (χ1n) is 3.45. The fraction of sp³-hybridized carbons (Fsp3) is 0.667. The fourth-order valence-corrected chi connectivity index (χ4v) is 0.659. The Morgan fingerprint density at radius 1 is 0.933 bits per heavy atom. The Morgan fingerprint density at radius 3 is 1.53 bits per heavy atom. The van der Waals surface area contributed by atoms with Crippen LogP contribution in [0.4, 0.5) is 0 Å². The summed E-state index contributed by atoms with van der Waals surface area (Å²) in [4.78, 5) is 20.0. The van der Waals surface area contributed by atoms with E-state index in [0.29, 0.717) is 0 Å². The van der Waals surface area contributed by atoms with E-state index in [2.05, 4.69) is 0 Å². The predicted molar refractivity (Wildman–Crippen MR) is 36.7 cm³/mol. The first-order chi connectivity index (χ1) is 6.29. The van der Waals surface area contributed by atoms with Gasteiger partial charge >= 0.3 is 57.4 Å². The van der Waals surface area contributed by atoms with Gasteiger partial charge < -0.3 is 35.4 Å². The van der Waals surface area contributed by atoms with Crippen molar-refractivity contribution in [3.05, 3.63) is 0 Å². The third-order valence-corrected chi connectivity index (χ3v) is 1.49. The van der Waals surface area contributed by atoms with Gasteiger partial charge in [0, 0.05) is 0 Å². The van der Waals surface area contributed by atoms with Crippen molar-refractivity contribution in [3.63, 3.8) is 0 Å². The second-order valence-electron chi connectivity index (χ2n) is 2.53. The van der Waals surface area contributed by atoms with Crippen LogP contribution in [-0.4, -0.2) is 61.9 Å². The molecule has 15 heavy (non-hydrogen) atoms. The molecule has 0 aromatic carbocycles. The van der Waals surface area contributed by atoms with Crippen molar-refractivity contribution in [2.75, 3.05) is 0 Å². The van der Waals surface area contributed by atoms with E-state index >= 15 is 0 Å². The summed E-state index contributed by atoms with van der Waals surface area (Å²) in [5.41, 5.74) is 0. The minimum atomic E-state index is -2.47. The van der Waals surface area contributed by atoms with Gasteiger partial charge in [0.15, 0.2) is 6.10 Å². The topological polar surface area (TPSA) is 158 Å². The predicted octanol–water partition coefficient (Wildman–Crippen LogP) is -7.73. The number of hydrogen-bond acceptors (Lipinski definition) is 7. The minimum absolute atomic E-state index is 0. The molecule has 9 heteroatoms. The van der Waals surface area contributed by atoms with Crippen molar-refractivity contribution in [3.8, 4) is 0 Å². The SMILES string of the molecule is O=C(O)[C@@H](O)[C@@H](O)[C@H](O)[C@@H](O)C(=O)[O-].[K+]. The Labute approximate surface area is 127 Å². The number of aliphatic hydroxyl groups is 4. The van der Waals surface area contributed by atoms with Crippen molar-refractivity contribution in [1.82, 2.24) is 0 Å². The molecule has 0 aromatic rings. The standard InChI is InChI=1S/C6H10O8.K/c7-1(3(9)5(11)12)2(8)4(10)6(13)14;/h1-4,7-10H,(H,11,12)(H,13,14);/q;+1/p-1/t1-,2-,3-,4+;/m0./s1. The molecule has 0 aliphatic heterocycles. The molecule has 0 aliphatic carbocycles. The zero-order valence-electron chi connectivity index (χ0n) is 7.77. The Balaban J connectivity index is 0. The van der Waals surface area contributed by atoms with E-state index in [4.69, 9.17) is 25.5 Å². The Morgan fingerprint density at radius 2 is 1.27 bits per heavy atom. The van der Waals surface area contributed by atoms with Crippen LogP contribution in [0.3, 0.4) is 0 Å². The molecule has 4 atom stereocenters. The molecule has 0 unspecified atom stereocenters. The van der Waals surface area contributed by atoms with Crippen molar-refractivity contribution in [2.24, 2.45) is 0 Å². The number of carboxylic acid groups (broad SMARTS) is 2. The van der Waals surface area contributed by atoms with Gasteiger partial charge in [-0.2, -0.15) is 0 Å². The Kier molecular flexibility index (Phi) is 9.08. The summed E-state index contributed by atoms with van der Waals surface area (Å²) >= 11 is 0. The first-order valence-corrected chi connectivity index (χ1v) is 3.45. The molecule has 0 amide bonds. The van der Waals surface area contributed by atoms with Crippen LogP contribution in [0.15, 0.2) is 0 Å². The van der Waals surface area contributed by atoms with Crippen LogP contribution in [-0.2, 0) is 9.59 Å². The van der Waals surface area contributed by atoms with Gasteiger partial charge in [0.25, 0.3) is 0 Å². The van der Waals surface area contributed by atoms with E-state index in [1.54, 1.807) is 0 Å². The Bertz CT molecular complexity index is 207. The van der Waals surface area contributed by atoms with Crippen LogP contribution in [0.5, 0.6) is 0 Å². The summed E-state index contributed by atoms with van der Waals surface area (Å²) in [7, 11) is 0. The number of carbonyl (C=O) groups excluding carboxylic acids is 1. The van der Waals surface area contributed by atoms with E-state index in [-0.39, 0.29) is 51.4 Å². The van der Waals surface area contributed by atoms with Crippen LogP contribution >= 0.6 is 0 Å². The normalized spacial score (nSPS) is 18.1. The van der Waals surface area contributed by atoms with Gasteiger partial charge in [-0.25, -0.2) is 4.79 Å². The molecule has 0 aromatic heterocycles. The average Bonchev–Trinajstić information content (AvgIpc) is 2.12. The summed E-state index contributed by atoms with van der Waals surface area (Å²) in [6, 6.07) is 0. The average molecular weight is 248 g/mol.